The highest BCUT2D eigenvalue weighted by Crippen LogP contribution is 2.20. The Labute approximate surface area is 183 Å². The van der Waals surface area contributed by atoms with Gasteiger partial charge in [-0.25, -0.2) is 13.2 Å². The minimum absolute atomic E-state index is 0.166. The van der Waals surface area contributed by atoms with Crippen molar-refractivity contribution >= 4 is 21.9 Å². The number of amides is 1. The lowest BCUT2D eigenvalue weighted by Gasteiger charge is -2.20. The highest BCUT2D eigenvalue weighted by molar-refractivity contribution is 7.89. The number of methoxy groups -OCH3 is 1. The second-order valence-electron chi connectivity index (χ2n) is 7.58. The van der Waals surface area contributed by atoms with Crippen LogP contribution in [0.1, 0.15) is 41.6 Å². The van der Waals surface area contributed by atoms with Crippen LogP contribution < -0.4 is 5.32 Å². The van der Waals surface area contributed by atoms with Gasteiger partial charge in [0.25, 0.3) is 5.91 Å². The van der Waals surface area contributed by atoms with E-state index >= 15 is 0 Å². The second-order valence-corrected chi connectivity index (χ2v) is 9.52. The van der Waals surface area contributed by atoms with Gasteiger partial charge in [-0.1, -0.05) is 43.2 Å². The number of ether oxygens (including phenoxy) is 1. The lowest BCUT2D eigenvalue weighted by Crippen LogP contribution is -2.43. The molecule has 8 heteroatoms. The monoisotopic (exact) mass is 444 g/mol. The van der Waals surface area contributed by atoms with Crippen molar-refractivity contribution in [2.45, 2.75) is 43.0 Å². The van der Waals surface area contributed by atoms with Gasteiger partial charge in [-0.15, -0.1) is 0 Å². The summed E-state index contributed by atoms with van der Waals surface area (Å²) in [7, 11) is -2.31. The van der Waals surface area contributed by atoms with E-state index in [0.29, 0.717) is 19.5 Å². The van der Waals surface area contributed by atoms with Crippen LogP contribution in [0.3, 0.4) is 0 Å². The minimum Gasteiger partial charge on any atom is -0.467 e. The zero-order valence-electron chi connectivity index (χ0n) is 17.6. The van der Waals surface area contributed by atoms with E-state index in [-0.39, 0.29) is 10.5 Å². The lowest BCUT2D eigenvalue weighted by atomic mass is 10.1. The summed E-state index contributed by atoms with van der Waals surface area (Å²) in [4.78, 5) is 25.0. The molecule has 2 aromatic carbocycles. The second kappa shape index (κ2) is 10.5. The fraction of sp³-hybridized carbons (Fsp3) is 0.391. The molecule has 1 atom stereocenters. The Morgan fingerprint density at radius 2 is 1.58 bits per heavy atom. The third kappa shape index (κ3) is 5.92. The van der Waals surface area contributed by atoms with Crippen LogP contribution in [0.2, 0.25) is 0 Å². The van der Waals surface area contributed by atoms with E-state index < -0.39 is 27.9 Å². The van der Waals surface area contributed by atoms with Gasteiger partial charge in [0.05, 0.1) is 12.0 Å². The van der Waals surface area contributed by atoms with Gasteiger partial charge in [0.2, 0.25) is 10.0 Å². The molecule has 1 unspecified atom stereocenters. The molecule has 2 aromatic rings. The molecule has 166 valence electrons. The summed E-state index contributed by atoms with van der Waals surface area (Å²) in [6, 6.07) is 14.3. The van der Waals surface area contributed by atoms with Gasteiger partial charge in [0.1, 0.15) is 6.04 Å². The van der Waals surface area contributed by atoms with Gasteiger partial charge in [-0.3, -0.25) is 4.79 Å². The first-order chi connectivity index (χ1) is 14.9. The number of carbonyl (C=O) groups excluding carboxylic acids is 2. The van der Waals surface area contributed by atoms with Crippen LogP contribution >= 0.6 is 0 Å². The van der Waals surface area contributed by atoms with Crippen molar-refractivity contribution in [1.82, 2.24) is 9.62 Å². The molecule has 7 nitrogen and oxygen atoms in total. The maximum Gasteiger partial charge on any atom is 0.328 e. The Kier molecular flexibility index (Phi) is 7.81. The van der Waals surface area contributed by atoms with Crippen LogP contribution in [0.4, 0.5) is 0 Å². The Morgan fingerprint density at radius 1 is 0.968 bits per heavy atom. The molecule has 1 fully saturated rings. The predicted molar refractivity (Wildman–Crippen MR) is 117 cm³/mol. The molecule has 0 radical (unpaired) electrons. The Balaban J connectivity index is 1.71. The van der Waals surface area contributed by atoms with E-state index in [0.717, 1.165) is 31.2 Å². The zero-order valence-corrected chi connectivity index (χ0v) is 18.4. The quantitative estimate of drug-likeness (QED) is 0.663. The van der Waals surface area contributed by atoms with Gasteiger partial charge in [0, 0.05) is 25.1 Å². The number of hydrogen-bond acceptors (Lipinski definition) is 5. The molecule has 1 saturated heterocycles. The maximum atomic E-state index is 12.9. The summed E-state index contributed by atoms with van der Waals surface area (Å²) < 4.78 is 32.1. The molecular weight excluding hydrogens is 416 g/mol. The van der Waals surface area contributed by atoms with Crippen molar-refractivity contribution in [3.8, 4) is 0 Å². The Morgan fingerprint density at radius 3 is 2.16 bits per heavy atom. The first-order valence-electron chi connectivity index (χ1n) is 10.4. The average molecular weight is 445 g/mol. The zero-order chi connectivity index (χ0) is 22.3. The summed E-state index contributed by atoms with van der Waals surface area (Å²) >= 11 is 0. The van der Waals surface area contributed by atoms with Crippen molar-refractivity contribution in [1.29, 1.82) is 0 Å². The van der Waals surface area contributed by atoms with Gasteiger partial charge in [-0.05, 0) is 42.7 Å². The fourth-order valence-electron chi connectivity index (χ4n) is 3.64. The third-order valence-corrected chi connectivity index (χ3v) is 7.31. The summed E-state index contributed by atoms with van der Waals surface area (Å²) in [5, 5.41) is 2.69. The first kappa shape index (κ1) is 23.0. The molecule has 1 heterocycles. The molecule has 0 aromatic heterocycles. The minimum atomic E-state index is -3.58. The van der Waals surface area contributed by atoms with Crippen molar-refractivity contribution in [2.24, 2.45) is 0 Å². The molecular formula is C23H28N2O5S. The number of nitrogens with one attached hydrogen (secondary N) is 1. The fourth-order valence-corrected chi connectivity index (χ4v) is 5.15. The highest BCUT2D eigenvalue weighted by atomic mass is 32.2. The molecule has 1 amide bonds. The first-order valence-corrected chi connectivity index (χ1v) is 11.9. The number of esters is 1. The number of benzene rings is 2. The van der Waals surface area contributed by atoms with Gasteiger partial charge < -0.3 is 10.1 Å². The molecule has 1 aliphatic heterocycles. The average Bonchev–Trinajstić information content (AvgIpc) is 3.09. The summed E-state index contributed by atoms with van der Waals surface area (Å²) in [5.74, 6) is -1.01. The van der Waals surface area contributed by atoms with Crippen LogP contribution in [0, 0.1) is 0 Å². The van der Waals surface area contributed by atoms with Gasteiger partial charge >= 0.3 is 5.97 Å². The predicted octanol–water partition coefficient (Wildman–Crippen LogP) is 2.77. The number of nitrogens with zero attached hydrogens (tertiary/aromatic N) is 1. The van der Waals surface area contributed by atoms with Crippen LogP contribution in [-0.2, 0) is 26.0 Å². The number of carbonyl (C=O) groups is 2. The van der Waals surface area contributed by atoms with Crippen molar-refractivity contribution in [2.75, 3.05) is 20.2 Å². The molecule has 0 aliphatic carbocycles. The van der Waals surface area contributed by atoms with Crippen LogP contribution in [0.5, 0.6) is 0 Å². The normalized spacial score (nSPS) is 16.2. The van der Waals surface area contributed by atoms with Crippen molar-refractivity contribution in [3.05, 3.63) is 65.7 Å². The van der Waals surface area contributed by atoms with E-state index in [9.17, 15) is 18.0 Å². The van der Waals surface area contributed by atoms with E-state index in [1.165, 1.54) is 35.7 Å². The van der Waals surface area contributed by atoms with Crippen LogP contribution in [0.25, 0.3) is 0 Å². The molecule has 1 aliphatic rings. The van der Waals surface area contributed by atoms with Crippen molar-refractivity contribution < 1.29 is 22.7 Å². The topological polar surface area (TPSA) is 92.8 Å². The van der Waals surface area contributed by atoms with Crippen molar-refractivity contribution in [3.63, 3.8) is 0 Å². The van der Waals surface area contributed by atoms with Crippen LogP contribution in [0.15, 0.2) is 59.5 Å². The number of hydrogen-bond donors (Lipinski definition) is 1. The SMILES string of the molecule is COC(=O)C(Cc1ccccc1)NC(=O)c1ccc(S(=O)(=O)N2CCCCCC2)cc1. The molecule has 0 saturated carbocycles. The Hall–Kier alpha value is -2.71. The van der Waals surface area contributed by atoms with Gasteiger partial charge in [-0.2, -0.15) is 4.31 Å². The molecule has 0 spiro atoms. The number of sulfonamides is 1. The summed E-state index contributed by atoms with van der Waals surface area (Å²) in [6.07, 6.45) is 4.08. The molecule has 1 N–H and O–H groups in total. The van der Waals surface area contributed by atoms with E-state index in [4.69, 9.17) is 4.74 Å². The molecule has 31 heavy (non-hydrogen) atoms. The highest BCUT2D eigenvalue weighted by Gasteiger charge is 2.26. The van der Waals surface area contributed by atoms with Crippen LogP contribution in [-0.4, -0.2) is 50.8 Å². The lowest BCUT2D eigenvalue weighted by molar-refractivity contribution is -0.142. The van der Waals surface area contributed by atoms with E-state index in [1.807, 2.05) is 30.3 Å². The molecule has 0 bridgehead atoms. The number of rotatable bonds is 7. The smallest absolute Gasteiger partial charge is 0.328 e. The maximum absolute atomic E-state index is 12.9. The summed E-state index contributed by atoms with van der Waals surface area (Å²) in [6.45, 7) is 1.04. The van der Waals surface area contributed by atoms with Gasteiger partial charge in [0.15, 0.2) is 0 Å². The largest absolute Gasteiger partial charge is 0.467 e. The molecule has 3 rings (SSSR count). The Bertz CT molecular complexity index is 982. The standard InChI is InChI=1S/C23H28N2O5S/c1-30-23(27)21(17-18-9-5-4-6-10-18)24-22(26)19-11-13-20(14-12-19)31(28,29)25-15-7-2-3-8-16-25/h4-6,9-14,21H,2-3,7-8,15-17H2,1H3,(H,24,26). The van der Waals surface area contributed by atoms with E-state index in [2.05, 4.69) is 5.32 Å². The third-order valence-electron chi connectivity index (χ3n) is 5.39. The van der Waals surface area contributed by atoms with E-state index in [1.54, 1.807) is 0 Å². The summed E-state index contributed by atoms with van der Waals surface area (Å²) in [5.41, 5.74) is 1.16.